The SMILES string of the molecule is CC1C=C(C2CC(=O)OC2C)C(=O)O1. The van der Waals surface area contributed by atoms with Crippen LogP contribution >= 0.6 is 0 Å². The number of esters is 2. The molecule has 0 aliphatic carbocycles. The van der Waals surface area contributed by atoms with E-state index in [0.717, 1.165) is 0 Å². The van der Waals surface area contributed by atoms with Crippen molar-refractivity contribution in [3.8, 4) is 0 Å². The molecule has 2 aliphatic heterocycles. The minimum atomic E-state index is -0.312. The second-order valence-corrected chi connectivity index (χ2v) is 3.74. The Morgan fingerprint density at radius 2 is 2.00 bits per heavy atom. The van der Waals surface area contributed by atoms with E-state index in [1.807, 2.05) is 0 Å². The van der Waals surface area contributed by atoms with Crippen LogP contribution in [0.3, 0.4) is 0 Å². The molecule has 2 rings (SSSR count). The van der Waals surface area contributed by atoms with Crippen LogP contribution in [0.2, 0.25) is 0 Å². The van der Waals surface area contributed by atoms with Gasteiger partial charge in [0, 0.05) is 11.5 Å². The van der Waals surface area contributed by atoms with Gasteiger partial charge in [-0.25, -0.2) is 4.79 Å². The van der Waals surface area contributed by atoms with Crippen LogP contribution in [-0.4, -0.2) is 24.1 Å². The van der Waals surface area contributed by atoms with E-state index >= 15 is 0 Å². The summed E-state index contributed by atoms with van der Waals surface area (Å²) in [5, 5.41) is 0. The lowest BCUT2D eigenvalue weighted by molar-refractivity contribution is -0.142. The van der Waals surface area contributed by atoms with Crippen molar-refractivity contribution in [1.82, 2.24) is 0 Å². The first-order chi connectivity index (χ1) is 6.58. The summed E-state index contributed by atoms with van der Waals surface area (Å²) < 4.78 is 9.95. The van der Waals surface area contributed by atoms with Crippen LogP contribution < -0.4 is 0 Å². The summed E-state index contributed by atoms with van der Waals surface area (Å²) in [7, 11) is 0. The molecule has 1 saturated heterocycles. The van der Waals surface area contributed by atoms with Gasteiger partial charge in [-0.3, -0.25) is 4.79 Å². The highest BCUT2D eigenvalue weighted by molar-refractivity contribution is 5.93. The molecule has 2 aliphatic rings. The first-order valence-corrected chi connectivity index (χ1v) is 4.70. The van der Waals surface area contributed by atoms with Crippen LogP contribution in [0.5, 0.6) is 0 Å². The zero-order valence-corrected chi connectivity index (χ0v) is 8.15. The predicted molar refractivity (Wildman–Crippen MR) is 47.3 cm³/mol. The van der Waals surface area contributed by atoms with Crippen LogP contribution in [0.25, 0.3) is 0 Å². The molecule has 4 heteroatoms. The van der Waals surface area contributed by atoms with Gasteiger partial charge in [0.15, 0.2) is 0 Å². The molecule has 0 N–H and O–H groups in total. The molecule has 14 heavy (non-hydrogen) atoms. The van der Waals surface area contributed by atoms with Crippen molar-refractivity contribution in [2.24, 2.45) is 5.92 Å². The Kier molecular flexibility index (Phi) is 2.06. The minimum Gasteiger partial charge on any atom is -0.462 e. The van der Waals surface area contributed by atoms with Crippen molar-refractivity contribution < 1.29 is 19.1 Å². The molecule has 0 aromatic carbocycles. The molecule has 3 unspecified atom stereocenters. The Morgan fingerprint density at radius 3 is 2.43 bits per heavy atom. The lowest BCUT2D eigenvalue weighted by atomic mass is 9.93. The monoisotopic (exact) mass is 196 g/mol. The average Bonchev–Trinajstić information content (AvgIpc) is 2.55. The predicted octanol–water partition coefficient (Wildman–Crippen LogP) is 0.810. The number of carbonyl (C=O) groups is 2. The number of carbonyl (C=O) groups excluding carboxylic acids is 2. The van der Waals surface area contributed by atoms with Gasteiger partial charge < -0.3 is 9.47 Å². The van der Waals surface area contributed by atoms with Gasteiger partial charge >= 0.3 is 11.9 Å². The molecular weight excluding hydrogens is 184 g/mol. The highest BCUT2D eigenvalue weighted by atomic mass is 16.6. The highest BCUT2D eigenvalue weighted by Crippen LogP contribution is 2.32. The molecule has 0 amide bonds. The molecular formula is C10H12O4. The topological polar surface area (TPSA) is 52.6 Å². The van der Waals surface area contributed by atoms with Crippen LogP contribution in [-0.2, 0) is 19.1 Å². The van der Waals surface area contributed by atoms with Gasteiger partial charge in [0.25, 0.3) is 0 Å². The van der Waals surface area contributed by atoms with Gasteiger partial charge in [-0.15, -0.1) is 0 Å². The first-order valence-electron chi connectivity index (χ1n) is 4.70. The maximum Gasteiger partial charge on any atom is 0.334 e. The number of hydrogen-bond donors (Lipinski definition) is 0. The van der Waals surface area contributed by atoms with E-state index < -0.39 is 0 Å². The maximum absolute atomic E-state index is 11.4. The summed E-state index contributed by atoms with van der Waals surface area (Å²) in [5.41, 5.74) is 0.593. The minimum absolute atomic E-state index is 0.125. The van der Waals surface area contributed by atoms with E-state index in [1.165, 1.54) is 0 Å². The lowest BCUT2D eigenvalue weighted by Crippen LogP contribution is -2.17. The van der Waals surface area contributed by atoms with Crippen molar-refractivity contribution in [3.63, 3.8) is 0 Å². The Balaban J connectivity index is 2.19. The summed E-state index contributed by atoms with van der Waals surface area (Å²) in [6.45, 7) is 3.60. The third kappa shape index (κ3) is 1.41. The second kappa shape index (κ2) is 3.12. The fourth-order valence-corrected chi connectivity index (χ4v) is 1.91. The number of hydrogen-bond acceptors (Lipinski definition) is 4. The van der Waals surface area contributed by atoms with Crippen LogP contribution in [0.4, 0.5) is 0 Å². The number of rotatable bonds is 1. The van der Waals surface area contributed by atoms with Crippen LogP contribution in [0.1, 0.15) is 20.3 Å². The highest BCUT2D eigenvalue weighted by Gasteiger charge is 2.39. The third-order valence-electron chi connectivity index (χ3n) is 2.61. The molecule has 76 valence electrons. The standard InChI is InChI=1S/C10H12O4/c1-5-3-8(10(12)13-5)7-4-9(11)14-6(7)2/h3,5-7H,4H2,1-2H3. The van der Waals surface area contributed by atoms with Gasteiger partial charge in [0.05, 0.1) is 6.42 Å². The van der Waals surface area contributed by atoms with Crippen LogP contribution in [0.15, 0.2) is 11.6 Å². The molecule has 2 heterocycles. The number of ether oxygens (including phenoxy) is 2. The third-order valence-corrected chi connectivity index (χ3v) is 2.61. The average molecular weight is 196 g/mol. The largest absolute Gasteiger partial charge is 0.462 e. The maximum atomic E-state index is 11.4. The molecule has 0 spiro atoms. The summed E-state index contributed by atoms with van der Waals surface area (Å²) in [4.78, 5) is 22.4. The fourth-order valence-electron chi connectivity index (χ4n) is 1.91. The van der Waals surface area contributed by atoms with E-state index in [1.54, 1.807) is 19.9 Å². The molecule has 1 fully saturated rings. The fraction of sp³-hybridized carbons (Fsp3) is 0.600. The molecule has 0 bridgehead atoms. The van der Waals surface area contributed by atoms with E-state index in [0.29, 0.717) is 5.57 Å². The Labute approximate surface area is 81.9 Å². The summed E-state index contributed by atoms with van der Waals surface area (Å²) in [6, 6.07) is 0. The quantitative estimate of drug-likeness (QED) is 0.582. The van der Waals surface area contributed by atoms with Crippen molar-refractivity contribution in [2.75, 3.05) is 0 Å². The van der Waals surface area contributed by atoms with Gasteiger partial charge in [-0.1, -0.05) is 0 Å². The molecule has 0 aromatic rings. The molecule has 4 nitrogen and oxygen atoms in total. The summed E-state index contributed by atoms with van der Waals surface area (Å²) in [5.74, 6) is -0.677. The van der Waals surface area contributed by atoms with Gasteiger partial charge in [-0.2, -0.15) is 0 Å². The van der Waals surface area contributed by atoms with E-state index in [-0.39, 0.29) is 36.5 Å². The first kappa shape index (κ1) is 9.24. The molecule has 0 aromatic heterocycles. The van der Waals surface area contributed by atoms with Crippen LogP contribution in [0, 0.1) is 5.92 Å². The van der Waals surface area contributed by atoms with Crippen molar-refractivity contribution >= 4 is 11.9 Å². The second-order valence-electron chi connectivity index (χ2n) is 3.74. The van der Waals surface area contributed by atoms with E-state index in [2.05, 4.69) is 0 Å². The zero-order chi connectivity index (χ0) is 10.3. The number of cyclic esters (lactones) is 2. The van der Waals surface area contributed by atoms with E-state index in [9.17, 15) is 9.59 Å². The lowest BCUT2D eigenvalue weighted by Gasteiger charge is -2.11. The van der Waals surface area contributed by atoms with Crippen molar-refractivity contribution in [3.05, 3.63) is 11.6 Å². The zero-order valence-electron chi connectivity index (χ0n) is 8.15. The smallest absolute Gasteiger partial charge is 0.334 e. The molecule has 3 atom stereocenters. The van der Waals surface area contributed by atoms with Gasteiger partial charge in [0.2, 0.25) is 0 Å². The van der Waals surface area contributed by atoms with Gasteiger partial charge in [0.1, 0.15) is 12.2 Å². The van der Waals surface area contributed by atoms with E-state index in [4.69, 9.17) is 9.47 Å². The summed E-state index contributed by atoms with van der Waals surface area (Å²) in [6.07, 6.45) is 1.66. The Hall–Kier alpha value is -1.32. The Bertz CT molecular complexity index is 318. The Morgan fingerprint density at radius 1 is 1.29 bits per heavy atom. The summed E-state index contributed by atoms with van der Waals surface area (Å²) >= 11 is 0. The molecule has 0 saturated carbocycles. The normalized spacial score (nSPS) is 36.7. The molecule has 0 radical (unpaired) electrons. The van der Waals surface area contributed by atoms with Crippen molar-refractivity contribution in [1.29, 1.82) is 0 Å². The van der Waals surface area contributed by atoms with Gasteiger partial charge in [-0.05, 0) is 19.9 Å². The van der Waals surface area contributed by atoms with Crippen molar-refractivity contribution in [2.45, 2.75) is 32.5 Å².